The minimum Gasteiger partial charge on any atom is -0.326 e. The van der Waals surface area contributed by atoms with Crippen molar-refractivity contribution in [1.29, 1.82) is 0 Å². The number of carbonyl (C=O) groups is 3. The van der Waals surface area contributed by atoms with E-state index in [9.17, 15) is 14.4 Å². The van der Waals surface area contributed by atoms with Gasteiger partial charge in [0.05, 0.1) is 6.42 Å². The van der Waals surface area contributed by atoms with Crippen molar-refractivity contribution in [3.8, 4) is 0 Å². The number of nitrogens with zero attached hydrogens (tertiary/aromatic N) is 1. The summed E-state index contributed by atoms with van der Waals surface area (Å²) in [4.78, 5) is 35.6. The van der Waals surface area contributed by atoms with Crippen molar-refractivity contribution >= 4 is 34.8 Å². The van der Waals surface area contributed by atoms with Gasteiger partial charge in [-0.15, -0.1) is 0 Å². The smallest absolute Gasteiger partial charge is 0.326 e. The van der Waals surface area contributed by atoms with Crippen LogP contribution in [0.1, 0.15) is 24.5 Å². The predicted molar refractivity (Wildman–Crippen MR) is 105 cm³/mol. The lowest BCUT2D eigenvalue weighted by atomic mass is 10.2. The molecular weight excluding hydrogens is 344 g/mol. The fourth-order valence-corrected chi connectivity index (χ4v) is 2.22. The van der Waals surface area contributed by atoms with Crippen LogP contribution in [-0.2, 0) is 14.4 Å². The number of rotatable bonds is 5. The Labute approximate surface area is 157 Å². The minimum atomic E-state index is -0.908. The number of nitrogens with one attached hydrogen (secondary N) is 3. The van der Waals surface area contributed by atoms with Crippen molar-refractivity contribution in [2.75, 3.05) is 10.6 Å². The molecule has 0 aliphatic carbocycles. The minimum absolute atomic E-state index is 0.00629. The molecule has 0 aromatic heterocycles. The van der Waals surface area contributed by atoms with Crippen molar-refractivity contribution < 1.29 is 14.4 Å². The van der Waals surface area contributed by atoms with E-state index >= 15 is 0 Å². The summed E-state index contributed by atoms with van der Waals surface area (Å²) in [5.41, 5.74) is 5.78. The number of hydrazone groups is 1. The van der Waals surface area contributed by atoms with E-state index in [4.69, 9.17) is 0 Å². The molecule has 0 bridgehead atoms. The summed E-state index contributed by atoms with van der Waals surface area (Å²) in [7, 11) is 0. The van der Waals surface area contributed by atoms with Gasteiger partial charge >= 0.3 is 11.8 Å². The summed E-state index contributed by atoms with van der Waals surface area (Å²) in [6.07, 6.45) is -0.00629. The highest BCUT2D eigenvalue weighted by Gasteiger charge is 2.13. The van der Waals surface area contributed by atoms with Crippen molar-refractivity contribution in [1.82, 2.24) is 5.43 Å². The average molecular weight is 366 g/mol. The van der Waals surface area contributed by atoms with Gasteiger partial charge in [0.2, 0.25) is 5.91 Å². The third-order valence-corrected chi connectivity index (χ3v) is 3.58. The Kier molecular flexibility index (Phi) is 6.82. The Morgan fingerprint density at radius 1 is 0.852 bits per heavy atom. The first-order valence-electron chi connectivity index (χ1n) is 8.41. The number of carbonyl (C=O) groups excluding carboxylic acids is 3. The monoisotopic (exact) mass is 366 g/mol. The predicted octanol–water partition coefficient (Wildman–Crippen LogP) is 2.76. The first-order chi connectivity index (χ1) is 12.8. The van der Waals surface area contributed by atoms with E-state index in [0.29, 0.717) is 17.1 Å². The molecular formula is C20H22N4O3. The van der Waals surface area contributed by atoms with Gasteiger partial charge in [0.25, 0.3) is 0 Å². The first kappa shape index (κ1) is 19.8. The molecule has 140 valence electrons. The maximum Gasteiger partial charge on any atom is 0.329 e. The van der Waals surface area contributed by atoms with E-state index in [-0.39, 0.29) is 12.3 Å². The van der Waals surface area contributed by atoms with Gasteiger partial charge in [-0.3, -0.25) is 14.4 Å². The van der Waals surface area contributed by atoms with Gasteiger partial charge in [0, 0.05) is 17.1 Å². The van der Waals surface area contributed by atoms with E-state index < -0.39 is 11.8 Å². The lowest BCUT2D eigenvalue weighted by Gasteiger charge is -2.06. The van der Waals surface area contributed by atoms with Crippen LogP contribution in [-0.4, -0.2) is 23.4 Å². The molecule has 2 rings (SSSR count). The zero-order valence-corrected chi connectivity index (χ0v) is 15.5. The van der Waals surface area contributed by atoms with Gasteiger partial charge in [0.15, 0.2) is 0 Å². The van der Waals surface area contributed by atoms with Gasteiger partial charge in [0.1, 0.15) is 0 Å². The number of anilines is 2. The van der Waals surface area contributed by atoms with Gasteiger partial charge in [-0.2, -0.15) is 5.10 Å². The SMILES string of the molecule is C/C(CC(=O)Nc1ccc(C)cc1)=N\NC(=O)C(=O)Nc1cccc(C)c1. The quantitative estimate of drug-likeness (QED) is 0.431. The van der Waals surface area contributed by atoms with Crippen molar-refractivity contribution in [2.24, 2.45) is 5.10 Å². The average Bonchev–Trinajstić information content (AvgIpc) is 2.61. The summed E-state index contributed by atoms with van der Waals surface area (Å²) in [6, 6.07) is 14.5. The second-order valence-corrected chi connectivity index (χ2v) is 6.20. The van der Waals surface area contributed by atoms with E-state index in [1.54, 1.807) is 37.3 Å². The number of aryl methyl sites for hydroxylation is 2. The number of hydrogen-bond acceptors (Lipinski definition) is 4. The van der Waals surface area contributed by atoms with Gasteiger partial charge < -0.3 is 10.6 Å². The lowest BCUT2D eigenvalue weighted by Crippen LogP contribution is -2.33. The molecule has 7 heteroatoms. The molecule has 0 saturated heterocycles. The maximum atomic E-state index is 12.0. The Balaban J connectivity index is 1.82. The first-order valence-corrected chi connectivity index (χ1v) is 8.41. The van der Waals surface area contributed by atoms with Crippen LogP contribution in [0.15, 0.2) is 53.6 Å². The van der Waals surface area contributed by atoms with Crippen molar-refractivity contribution in [2.45, 2.75) is 27.2 Å². The zero-order chi connectivity index (χ0) is 19.8. The van der Waals surface area contributed by atoms with Crippen LogP contribution in [0, 0.1) is 13.8 Å². The summed E-state index contributed by atoms with van der Waals surface area (Å²) in [5, 5.41) is 9.02. The zero-order valence-electron chi connectivity index (χ0n) is 15.5. The van der Waals surface area contributed by atoms with Crippen LogP contribution in [0.4, 0.5) is 11.4 Å². The molecule has 0 spiro atoms. The van der Waals surface area contributed by atoms with Gasteiger partial charge in [-0.05, 0) is 50.6 Å². The Morgan fingerprint density at radius 3 is 2.22 bits per heavy atom. The Hall–Kier alpha value is -3.48. The molecule has 0 aliphatic rings. The summed E-state index contributed by atoms with van der Waals surface area (Å²) in [5.74, 6) is -2.00. The van der Waals surface area contributed by atoms with Crippen LogP contribution in [0.2, 0.25) is 0 Å². The molecule has 0 atom stereocenters. The van der Waals surface area contributed by atoms with Crippen molar-refractivity contribution in [3.05, 3.63) is 59.7 Å². The molecule has 27 heavy (non-hydrogen) atoms. The molecule has 0 fully saturated rings. The second-order valence-electron chi connectivity index (χ2n) is 6.20. The van der Waals surface area contributed by atoms with E-state index in [1.807, 2.05) is 32.0 Å². The second kappa shape index (κ2) is 9.28. The lowest BCUT2D eigenvalue weighted by molar-refractivity contribution is -0.136. The van der Waals surface area contributed by atoms with E-state index in [1.165, 1.54) is 0 Å². The summed E-state index contributed by atoms with van der Waals surface area (Å²) < 4.78 is 0. The topological polar surface area (TPSA) is 99.7 Å². The fraction of sp³-hybridized carbons (Fsp3) is 0.200. The third kappa shape index (κ3) is 6.74. The number of amides is 3. The van der Waals surface area contributed by atoms with E-state index in [2.05, 4.69) is 21.2 Å². The Bertz CT molecular complexity index is 873. The van der Waals surface area contributed by atoms with Crippen LogP contribution < -0.4 is 16.1 Å². The largest absolute Gasteiger partial charge is 0.329 e. The normalized spacial score (nSPS) is 10.9. The van der Waals surface area contributed by atoms with Crippen LogP contribution >= 0.6 is 0 Å². The molecule has 7 nitrogen and oxygen atoms in total. The molecule has 2 aromatic carbocycles. The van der Waals surface area contributed by atoms with Crippen LogP contribution in [0.25, 0.3) is 0 Å². The number of hydrogen-bond donors (Lipinski definition) is 3. The highest BCUT2D eigenvalue weighted by atomic mass is 16.2. The molecule has 0 radical (unpaired) electrons. The Morgan fingerprint density at radius 2 is 1.56 bits per heavy atom. The molecule has 0 aliphatic heterocycles. The third-order valence-electron chi connectivity index (χ3n) is 3.58. The standard InChI is InChI=1S/C20H22N4O3/c1-13-7-9-16(10-8-13)21-18(25)12-15(3)23-24-20(27)19(26)22-17-6-4-5-14(2)11-17/h4-11H,12H2,1-3H3,(H,21,25)(H,22,26)(H,24,27)/b23-15+. The maximum absolute atomic E-state index is 12.0. The molecule has 3 N–H and O–H groups in total. The highest BCUT2D eigenvalue weighted by molar-refractivity contribution is 6.39. The van der Waals surface area contributed by atoms with Crippen molar-refractivity contribution in [3.63, 3.8) is 0 Å². The number of benzene rings is 2. The molecule has 3 amide bonds. The molecule has 2 aromatic rings. The summed E-state index contributed by atoms with van der Waals surface area (Å²) >= 11 is 0. The van der Waals surface area contributed by atoms with Gasteiger partial charge in [-0.1, -0.05) is 29.8 Å². The van der Waals surface area contributed by atoms with Crippen LogP contribution in [0.5, 0.6) is 0 Å². The highest BCUT2D eigenvalue weighted by Crippen LogP contribution is 2.10. The summed E-state index contributed by atoms with van der Waals surface area (Å²) in [6.45, 7) is 5.43. The molecule has 0 saturated carbocycles. The molecule has 0 unspecified atom stereocenters. The van der Waals surface area contributed by atoms with E-state index in [0.717, 1.165) is 11.1 Å². The van der Waals surface area contributed by atoms with Crippen LogP contribution in [0.3, 0.4) is 0 Å². The van der Waals surface area contributed by atoms with Gasteiger partial charge in [-0.25, -0.2) is 5.43 Å². The molecule has 0 heterocycles. The fourth-order valence-electron chi connectivity index (χ4n) is 2.22.